The molecule has 2 atom stereocenters. The number of nitrogens with two attached hydrogens (primary N) is 1. The molecule has 0 bridgehead atoms. The van der Waals surface area contributed by atoms with Crippen LogP contribution in [0.2, 0.25) is 0 Å². The molecule has 1 aromatic heterocycles. The number of hydrogen-bond acceptors (Lipinski definition) is 6. The topological polar surface area (TPSA) is 86.5 Å². The third-order valence-corrected chi connectivity index (χ3v) is 5.04. The highest BCUT2D eigenvalue weighted by molar-refractivity contribution is 7.15. The number of ether oxygens (including phenoxy) is 2. The average Bonchev–Trinajstić information content (AvgIpc) is 2.95. The summed E-state index contributed by atoms with van der Waals surface area (Å²) in [5.74, 6) is 1.01. The monoisotopic (exact) mass is 331 g/mol. The summed E-state index contributed by atoms with van der Waals surface area (Å²) in [5, 5.41) is 3.45. The number of hydrogen-bond donors (Lipinski definition) is 2. The lowest BCUT2D eigenvalue weighted by molar-refractivity contribution is -0.125. The first-order chi connectivity index (χ1) is 11.2. The van der Waals surface area contributed by atoms with Gasteiger partial charge in [0.1, 0.15) is 6.61 Å². The molecule has 0 radical (unpaired) electrons. The first-order valence-electron chi connectivity index (χ1n) is 7.62. The van der Waals surface area contributed by atoms with E-state index in [-0.39, 0.29) is 18.6 Å². The Hall–Kier alpha value is -2.12. The standard InChI is InChI=1S/C16H17N3O3S/c17-9-5-6-10-14(7-9)23-16(18-10)19-15(20)13-8-21-11-3-1-2-4-12(11)22-13/h1-4,9,13H,5-8,17H2,(H,18,19,20)/t9-,13?/m0/s1. The lowest BCUT2D eigenvalue weighted by Crippen LogP contribution is -2.40. The summed E-state index contributed by atoms with van der Waals surface area (Å²) in [4.78, 5) is 18.1. The second-order valence-electron chi connectivity index (χ2n) is 5.75. The van der Waals surface area contributed by atoms with Crippen LogP contribution in [0.1, 0.15) is 17.0 Å². The highest BCUT2D eigenvalue weighted by Crippen LogP contribution is 2.32. The molecule has 1 aromatic carbocycles. The van der Waals surface area contributed by atoms with E-state index in [1.807, 2.05) is 18.2 Å². The van der Waals surface area contributed by atoms with Crippen molar-refractivity contribution in [2.24, 2.45) is 5.73 Å². The number of nitrogens with zero attached hydrogens (tertiary/aromatic N) is 1. The number of nitrogens with one attached hydrogen (secondary N) is 1. The molecule has 1 aliphatic carbocycles. The predicted molar refractivity (Wildman–Crippen MR) is 87.1 cm³/mol. The summed E-state index contributed by atoms with van der Waals surface area (Å²) in [6.07, 6.45) is 1.98. The molecule has 0 fully saturated rings. The van der Waals surface area contributed by atoms with E-state index in [0.29, 0.717) is 16.6 Å². The molecule has 0 spiro atoms. The van der Waals surface area contributed by atoms with Gasteiger partial charge < -0.3 is 15.2 Å². The maximum Gasteiger partial charge on any atom is 0.270 e. The molecule has 6 nitrogen and oxygen atoms in total. The molecule has 120 valence electrons. The van der Waals surface area contributed by atoms with Gasteiger partial charge in [-0.2, -0.15) is 0 Å². The molecule has 4 rings (SSSR count). The fourth-order valence-corrected chi connectivity index (χ4v) is 3.89. The van der Waals surface area contributed by atoms with Crippen LogP contribution >= 0.6 is 11.3 Å². The van der Waals surface area contributed by atoms with Gasteiger partial charge in [-0.1, -0.05) is 12.1 Å². The molecule has 1 unspecified atom stereocenters. The highest BCUT2D eigenvalue weighted by Gasteiger charge is 2.28. The normalized spacial score (nSPS) is 22.3. The minimum Gasteiger partial charge on any atom is -0.485 e. The van der Waals surface area contributed by atoms with Crippen molar-refractivity contribution in [3.63, 3.8) is 0 Å². The number of rotatable bonds is 2. The molecular weight excluding hydrogens is 314 g/mol. The number of aromatic nitrogens is 1. The Balaban J connectivity index is 1.45. The summed E-state index contributed by atoms with van der Waals surface area (Å²) in [5.41, 5.74) is 7.03. The number of carbonyl (C=O) groups excluding carboxylic acids is 1. The lowest BCUT2D eigenvalue weighted by Gasteiger charge is -2.25. The van der Waals surface area contributed by atoms with Gasteiger partial charge in [-0.05, 0) is 31.4 Å². The molecule has 1 amide bonds. The number of amides is 1. The Labute approximate surface area is 137 Å². The smallest absolute Gasteiger partial charge is 0.270 e. The minimum atomic E-state index is -0.673. The van der Waals surface area contributed by atoms with Crippen LogP contribution in [0.15, 0.2) is 24.3 Å². The first-order valence-corrected chi connectivity index (χ1v) is 8.44. The molecule has 2 aromatic rings. The van der Waals surface area contributed by atoms with Crippen molar-refractivity contribution in [1.82, 2.24) is 4.98 Å². The zero-order chi connectivity index (χ0) is 15.8. The van der Waals surface area contributed by atoms with E-state index >= 15 is 0 Å². The summed E-state index contributed by atoms with van der Waals surface area (Å²) in [7, 11) is 0. The van der Waals surface area contributed by atoms with Crippen LogP contribution in [0.5, 0.6) is 11.5 Å². The number of fused-ring (bicyclic) bond motifs is 2. The molecule has 2 heterocycles. The van der Waals surface area contributed by atoms with E-state index < -0.39 is 6.10 Å². The van der Waals surface area contributed by atoms with E-state index in [1.54, 1.807) is 6.07 Å². The lowest BCUT2D eigenvalue weighted by atomic mass is 9.99. The third-order valence-electron chi connectivity index (χ3n) is 4.01. The fraction of sp³-hybridized carbons (Fsp3) is 0.375. The first kappa shape index (κ1) is 14.5. The van der Waals surface area contributed by atoms with Crippen molar-refractivity contribution in [1.29, 1.82) is 0 Å². The van der Waals surface area contributed by atoms with Gasteiger partial charge >= 0.3 is 0 Å². The second kappa shape index (κ2) is 5.82. The van der Waals surface area contributed by atoms with Crippen molar-refractivity contribution in [2.45, 2.75) is 31.4 Å². The Morgan fingerprint density at radius 3 is 3.04 bits per heavy atom. The van der Waals surface area contributed by atoms with E-state index in [9.17, 15) is 4.79 Å². The number of aryl methyl sites for hydroxylation is 1. The third kappa shape index (κ3) is 2.89. The molecule has 0 saturated heterocycles. The van der Waals surface area contributed by atoms with Gasteiger partial charge in [0, 0.05) is 10.9 Å². The van der Waals surface area contributed by atoms with E-state index in [1.165, 1.54) is 16.2 Å². The summed E-state index contributed by atoms with van der Waals surface area (Å²) >= 11 is 1.50. The zero-order valence-electron chi connectivity index (χ0n) is 12.5. The van der Waals surface area contributed by atoms with Gasteiger partial charge in [-0.25, -0.2) is 4.98 Å². The number of thiazole rings is 1. The molecular formula is C16H17N3O3S. The van der Waals surface area contributed by atoms with Gasteiger partial charge in [-0.15, -0.1) is 11.3 Å². The molecule has 0 saturated carbocycles. The Bertz CT molecular complexity index is 746. The van der Waals surface area contributed by atoms with Crippen LogP contribution in [0, 0.1) is 0 Å². The number of benzene rings is 1. The van der Waals surface area contributed by atoms with Crippen molar-refractivity contribution in [2.75, 3.05) is 11.9 Å². The second-order valence-corrected chi connectivity index (χ2v) is 6.83. The van der Waals surface area contributed by atoms with Gasteiger partial charge in [0.2, 0.25) is 6.10 Å². The summed E-state index contributed by atoms with van der Waals surface area (Å²) in [6.45, 7) is 0.193. The van der Waals surface area contributed by atoms with Crippen LogP contribution in [0.3, 0.4) is 0 Å². The van der Waals surface area contributed by atoms with Crippen LogP contribution < -0.4 is 20.5 Å². The average molecular weight is 331 g/mol. The maximum atomic E-state index is 12.4. The van der Waals surface area contributed by atoms with Gasteiger partial charge in [-0.3, -0.25) is 10.1 Å². The SMILES string of the molecule is N[C@H]1CCc2nc(NC(=O)C3COc4ccccc4O3)sc2C1. The highest BCUT2D eigenvalue weighted by atomic mass is 32.1. The minimum absolute atomic E-state index is 0.193. The molecule has 23 heavy (non-hydrogen) atoms. The van der Waals surface area contributed by atoms with Crippen LogP contribution in [-0.2, 0) is 17.6 Å². The molecule has 1 aliphatic heterocycles. The molecule has 3 N–H and O–H groups in total. The summed E-state index contributed by atoms with van der Waals surface area (Å²) in [6, 6.07) is 7.52. The Morgan fingerprint density at radius 2 is 2.17 bits per heavy atom. The number of para-hydroxylation sites is 2. The quantitative estimate of drug-likeness (QED) is 0.875. The molecule has 2 aliphatic rings. The van der Waals surface area contributed by atoms with Crippen LogP contribution in [0.25, 0.3) is 0 Å². The van der Waals surface area contributed by atoms with Crippen molar-refractivity contribution < 1.29 is 14.3 Å². The zero-order valence-corrected chi connectivity index (χ0v) is 13.3. The molecule has 7 heteroatoms. The predicted octanol–water partition coefficient (Wildman–Crippen LogP) is 1.74. The number of carbonyl (C=O) groups is 1. The summed E-state index contributed by atoms with van der Waals surface area (Å²) < 4.78 is 11.3. The van der Waals surface area contributed by atoms with E-state index in [0.717, 1.165) is 25.0 Å². The van der Waals surface area contributed by atoms with E-state index in [4.69, 9.17) is 15.2 Å². The fourth-order valence-electron chi connectivity index (χ4n) is 2.79. The van der Waals surface area contributed by atoms with Gasteiger partial charge in [0.15, 0.2) is 16.6 Å². The van der Waals surface area contributed by atoms with E-state index in [2.05, 4.69) is 10.3 Å². The maximum absolute atomic E-state index is 12.4. The number of anilines is 1. The van der Waals surface area contributed by atoms with Crippen molar-refractivity contribution >= 4 is 22.4 Å². The Morgan fingerprint density at radius 1 is 1.35 bits per heavy atom. The largest absolute Gasteiger partial charge is 0.485 e. The van der Waals surface area contributed by atoms with Crippen LogP contribution in [0.4, 0.5) is 5.13 Å². The van der Waals surface area contributed by atoms with Crippen LogP contribution in [-0.4, -0.2) is 29.6 Å². The van der Waals surface area contributed by atoms with Gasteiger partial charge in [0.25, 0.3) is 5.91 Å². The van der Waals surface area contributed by atoms with Gasteiger partial charge in [0.05, 0.1) is 5.69 Å². The van der Waals surface area contributed by atoms with Crippen molar-refractivity contribution in [3.05, 3.63) is 34.8 Å². The van der Waals surface area contributed by atoms with Crippen molar-refractivity contribution in [3.8, 4) is 11.5 Å². The Kier molecular flexibility index (Phi) is 3.66.